The number of carbonyl (C=O) groups excluding carboxylic acids is 1. The quantitative estimate of drug-likeness (QED) is 0.661. The maximum Gasteiger partial charge on any atom is 0.417 e. The number of anilines is 1. The summed E-state index contributed by atoms with van der Waals surface area (Å²) in [6.45, 7) is 3.65. The third-order valence-electron chi connectivity index (χ3n) is 3.52. The van der Waals surface area contributed by atoms with Crippen molar-refractivity contribution in [2.45, 2.75) is 26.1 Å². The van der Waals surface area contributed by atoms with E-state index >= 15 is 0 Å². The van der Waals surface area contributed by atoms with Gasteiger partial charge in [0.2, 0.25) is 5.91 Å². The predicted molar refractivity (Wildman–Crippen MR) is 103 cm³/mol. The van der Waals surface area contributed by atoms with Gasteiger partial charge in [-0.1, -0.05) is 11.6 Å². The number of amides is 1. The summed E-state index contributed by atoms with van der Waals surface area (Å²) in [6, 6.07) is 3.66. The molecule has 1 aromatic heterocycles. The van der Waals surface area contributed by atoms with Gasteiger partial charge in [-0.3, -0.25) is 9.59 Å². The van der Waals surface area contributed by atoms with Crippen LogP contribution >= 0.6 is 11.6 Å². The molecule has 0 saturated carbocycles. The summed E-state index contributed by atoms with van der Waals surface area (Å²) in [5, 5.41) is 2.37. The van der Waals surface area contributed by atoms with Gasteiger partial charge < -0.3 is 19.8 Å². The maximum absolute atomic E-state index is 12.7. The van der Waals surface area contributed by atoms with Gasteiger partial charge in [0.05, 0.1) is 23.8 Å². The van der Waals surface area contributed by atoms with Gasteiger partial charge in [-0.2, -0.15) is 13.2 Å². The first-order chi connectivity index (χ1) is 13.5. The van der Waals surface area contributed by atoms with Crippen molar-refractivity contribution in [3.05, 3.63) is 57.0 Å². The number of nitrogens with one attached hydrogen (secondary N) is 2. The molecule has 0 saturated heterocycles. The summed E-state index contributed by atoms with van der Waals surface area (Å²) in [7, 11) is 1.43. The number of H-pyrrole nitrogens is 1. The number of carbonyl (C=O) groups is 1. The standard InChI is InChI=1S/C19H18ClF3N2O4/c1-10(2)29-17-13(20)6-11(7-15(17)28-3)4-5-16(26)25-14-8-12(19(21,22)23)9-24-18(14)27/h4-10H,1-3H3,(H,24,27)(H,25,26)/b5-4+. The molecule has 0 fully saturated rings. The zero-order valence-electron chi connectivity index (χ0n) is 15.7. The van der Waals surface area contributed by atoms with Crippen LogP contribution in [0.4, 0.5) is 18.9 Å². The monoisotopic (exact) mass is 430 g/mol. The summed E-state index contributed by atoms with van der Waals surface area (Å²) >= 11 is 6.19. The fraction of sp³-hybridized carbons (Fsp3) is 0.263. The van der Waals surface area contributed by atoms with Gasteiger partial charge in [0.15, 0.2) is 11.5 Å². The first-order valence-corrected chi connectivity index (χ1v) is 8.72. The Morgan fingerprint density at radius 1 is 1.28 bits per heavy atom. The van der Waals surface area contributed by atoms with E-state index in [1.165, 1.54) is 19.3 Å². The molecule has 10 heteroatoms. The van der Waals surface area contributed by atoms with E-state index in [-0.39, 0.29) is 11.1 Å². The van der Waals surface area contributed by atoms with Crippen LogP contribution in [-0.4, -0.2) is 24.1 Å². The second kappa shape index (κ2) is 9.04. The zero-order valence-corrected chi connectivity index (χ0v) is 16.4. The Balaban J connectivity index is 2.21. The Hall–Kier alpha value is -2.94. The number of hydrogen-bond donors (Lipinski definition) is 2. The molecule has 0 spiro atoms. The number of ether oxygens (including phenoxy) is 2. The van der Waals surface area contributed by atoms with E-state index in [1.807, 2.05) is 18.8 Å². The Morgan fingerprint density at radius 3 is 2.55 bits per heavy atom. The van der Waals surface area contributed by atoms with Gasteiger partial charge in [0.25, 0.3) is 5.56 Å². The van der Waals surface area contributed by atoms with Crippen molar-refractivity contribution < 1.29 is 27.4 Å². The number of pyridine rings is 1. The summed E-state index contributed by atoms with van der Waals surface area (Å²) in [4.78, 5) is 25.6. The molecule has 0 radical (unpaired) electrons. The van der Waals surface area contributed by atoms with Crippen LogP contribution in [0.25, 0.3) is 6.08 Å². The molecule has 0 bridgehead atoms. The average molecular weight is 431 g/mol. The van der Waals surface area contributed by atoms with E-state index in [4.69, 9.17) is 21.1 Å². The van der Waals surface area contributed by atoms with Crippen LogP contribution in [0.1, 0.15) is 25.0 Å². The highest BCUT2D eigenvalue weighted by Gasteiger charge is 2.31. The number of alkyl halides is 3. The number of rotatable bonds is 6. The molecule has 0 aliphatic carbocycles. The molecule has 0 atom stereocenters. The fourth-order valence-corrected chi connectivity index (χ4v) is 2.54. The molecule has 2 aromatic rings. The number of halogens is 4. The lowest BCUT2D eigenvalue weighted by Gasteiger charge is -2.15. The number of aromatic nitrogens is 1. The number of hydrogen-bond acceptors (Lipinski definition) is 4. The van der Waals surface area contributed by atoms with E-state index in [1.54, 1.807) is 6.07 Å². The van der Waals surface area contributed by atoms with Gasteiger partial charge in [-0.15, -0.1) is 0 Å². The molecule has 2 N–H and O–H groups in total. The molecular weight excluding hydrogens is 413 g/mol. The first kappa shape index (κ1) is 22.4. The Bertz CT molecular complexity index is 984. The third-order valence-corrected chi connectivity index (χ3v) is 3.80. The average Bonchev–Trinajstić information content (AvgIpc) is 2.62. The summed E-state index contributed by atoms with van der Waals surface area (Å²) in [5.74, 6) is -0.103. The van der Waals surface area contributed by atoms with Crippen LogP contribution in [0.15, 0.2) is 35.3 Å². The van der Waals surface area contributed by atoms with Gasteiger partial charge in [0.1, 0.15) is 5.69 Å². The highest BCUT2D eigenvalue weighted by molar-refractivity contribution is 6.32. The Kier molecular flexibility index (Phi) is 6.97. The minimum Gasteiger partial charge on any atom is -0.493 e. The minimum absolute atomic E-state index is 0.140. The predicted octanol–water partition coefficient (Wildman–Crippen LogP) is 4.49. The van der Waals surface area contributed by atoms with Crippen molar-refractivity contribution in [3.63, 3.8) is 0 Å². The van der Waals surface area contributed by atoms with Crippen LogP contribution < -0.4 is 20.3 Å². The minimum atomic E-state index is -4.66. The van der Waals surface area contributed by atoms with Crippen LogP contribution in [0, 0.1) is 0 Å². The van der Waals surface area contributed by atoms with Gasteiger partial charge in [-0.05, 0) is 43.7 Å². The van der Waals surface area contributed by atoms with E-state index in [0.717, 1.165) is 6.08 Å². The SMILES string of the molecule is COc1cc(/C=C/C(=O)Nc2cc(C(F)(F)F)c[nH]c2=O)cc(Cl)c1OC(C)C. The first-order valence-electron chi connectivity index (χ1n) is 8.34. The van der Waals surface area contributed by atoms with E-state index < -0.39 is 28.9 Å². The molecule has 0 unspecified atom stereocenters. The molecule has 0 aliphatic heterocycles. The highest BCUT2D eigenvalue weighted by Crippen LogP contribution is 2.37. The number of benzene rings is 1. The summed E-state index contributed by atoms with van der Waals surface area (Å²) in [5.41, 5.74) is -1.99. The third kappa shape index (κ3) is 6.02. The van der Waals surface area contributed by atoms with E-state index in [0.29, 0.717) is 29.3 Å². The van der Waals surface area contributed by atoms with Crippen molar-refractivity contribution in [1.82, 2.24) is 4.98 Å². The molecule has 2 rings (SSSR count). The van der Waals surface area contributed by atoms with Crippen LogP contribution in [0.2, 0.25) is 5.02 Å². The van der Waals surface area contributed by atoms with E-state index in [2.05, 4.69) is 5.32 Å². The molecule has 6 nitrogen and oxygen atoms in total. The normalized spacial score (nSPS) is 11.7. The Labute approximate surface area is 169 Å². The lowest BCUT2D eigenvalue weighted by atomic mass is 10.1. The molecule has 1 heterocycles. The summed E-state index contributed by atoms with van der Waals surface area (Å²) < 4.78 is 49.1. The molecule has 29 heavy (non-hydrogen) atoms. The van der Waals surface area contributed by atoms with Gasteiger partial charge >= 0.3 is 6.18 Å². The molecule has 156 valence electrons. The second-order valence-corrected chi connectivity index (χ2v) is 6.56. The molecular formula is C19H18ClF3N2O4. The molecule has 1 aromatic carbocycles. The number of aromatic amines is 1. The fourth-order valence-electron chi connectivity index (χ4n) is 2.27. The smallest absolute Gasteiger partial charge is 0.417 e. The van der Waals surface area contributed by atoms with Gasteiger partial charge in [-0.25, -0.2) is 0 Å². The van der Waals surface area contributed by atoms with Crippen molar-refractivity contribution in [3.8, 4) is 11.5 Å². The van der Waals surface area contributed by atoms with Crippen molar-refractivity contribution in [2.75, 3.05) is 12.4 Å². The van der Waals surface area contributed by atoms with Gasteiger partial charge in [0, 0.05) is 12.3 Å². The van der Waals surface area contributed by atoms with Crippen molar-refractivity contribution in [2.24, 2.45) is 0 Å². The maximum atomic E-state index is 12.7. The largest absolute Gasteiger partial charge is 0.493 e. The van der Waals surface area contributed by atoms with Crippen LogP contribution in [0.5, 0.6) is 11.5 Å². The highest BCUT2D eigenvalue weighted by atomic mass is 35.5. The molecule has 0 aliphatic rings. The molecule has 1 amide bonds. The van der Waals surface area contributed by atoms with Crippen molar-refractivity contribution >= 4 is 29.3 Å². The Morgan fingerprint density at radius 2 is 1.97 bits per heavy atom. The van der Waals surface area contributed by atoms with Crippen LogP contribution in [-0.2, 0) is 11.0 Å². The van der Waals surface area contributed by atoms with E-state index in [9.17, 15) is 22.8 Å². The van der Waals surface area contributed by atoms with Crippen molar-refractivity contribution in [1.29, 1.82) is 0 Å². The lowest BCUT2D eigenvalue weighted by molar-refractivity contribution is -0.137. The lowest BCUT2D eigenvalue weighted by Crippen LogP contribution is -2.20. The zero-order chi connectivity index (χ0) is 21.8. The van der Waals surface area contributed by atoms with Crippen LogP contribution in [0.3, 0.4) is 0 Å². The second-order valence-electron chi connectivity index (χ2n) is 6.15. The number of methoxy groups -OCH3 is 1. The topological polar surface area (TPSA) is 80.4 Å². The summed E-state index contributed by atoms with van der Waals surface area (Å²) in [6.07, 6.45) is -1.85.